The summed E-state index contributed by atoms with van der Waals surface area (Å²) in [4.78, 5) is 0. The van der Waals surface area contributed by atoms with Gasteiger partial charge in [-0.05, 0) is 18.1 Å². The predicted octanol–water partition coefficient (Wildman–Crippen LogP) is 6.65. The van der Waals surface area contributed by atoms with E-state index in [1.807, 2.05) is 0 Å². The first-order valence-corrected chi connectivity index (χ1v) is 10.2. The van der Waals surface area contributed by atoms with Gasteiger partial charge in [-0.3, -0.25) is 0 Å². The lowest BCUT2D eigenvalue weighted by molar-refractivity contribution is -0.284. The molecule has 0 heterocycles. The summed E-state index contributed by atoms with van der Waals surface area (Å²) in [5.74, 6) is -16.5. The fourth-order valence-electron chi connectivity index (χ4n) is 2.02. The minimum Gasteiger partial charge on any atom is -0.351 e. The predicted molar refractivity (Wildman–Crippen MR) is 71.2 cm³/mol. The molecule has 0 amide bonds. The van der Waals surface area contributed by atoms with Crippen molar-refractivity contribution in [1.29, 1.82) is 0 Å². The normalized spacial score (nSPS) is 15.7. The summed E-state index contributed by atoms with van der Waals surface area (Å²) >= 11 is 0. The van der Waals surface area contributed by atoms with Gasteiger partial charge in [0, 0.05) is 19.3 Å². The topological polar surface area (TPSA) is 26.0 Å². The van der Waals surface area contributed by atoms with Crippen molar-refractivity contribution in [2.24, 2.45) is 5.40 Å². The molecule has 0 aromatic heterocycles. The molecule has 0 spiro atoms. The van der Waals surface area contributed by atoms with Gasteiger partial charge < -0.3 is 5.40 Å². The van der Waals surface area contributed by atoms with Gasteiger partial charge in [-0.25, -0.2) is 0 Å². The van der Waals surface area contributed by atoms with Gasteiger partial charge >= 0.3 is 36.3 Å². The molecule has 0 atom stereocenters. The van der Waals surface area contributed by atoms with Gasteiger partial charge in [0.2, 0.25) is 0 Å². The smallest absolute Gasteiger partial charge is 0.351 e. The van der Waals surface area contributed by atoms with Gasteiger partial charge in [0.15, 0.2) is 0 Å². The summed E-state index contributed by atoms with van der Waals surface area (Å²) in [6.45, 7) is 0. The maximum atomic E-state index is 13.0. The summed E-state index contributed by atoms with van der Waals surface area (Å²) < 4.78 is 187. The molecule has 0 aliphatic rings. The van der Waals surface area contributed by atoms with Gasteiger partial charge in [-0.2, -0.15) is 65.9 Å². The van der Waals surface area contributed by atoms with Gasteiger partial charge in [0.25, 0.3) is 0 Å². The standard InChI is InChI=1S/C12H14F15NSi/c13-7(14,10(19,20)21)1-4-29(28,5-2-8(15,16)11(22,23)24)6-3-9(17,18)12(25,26)27/h1-6,28H2. The highest BCUT2D eigenvalue weighted by atomic mass is 28.3. The molecule has 0 aromatic rings. The Balaban J connectivity index is 5.53. The molecule has 0 bridgehead atoms. The summed E-state index contributed by atoms with van der Waals surface area (Å²) in [5.41, 5.74) is 0. The number of nitrogens with two attached hydrogens (primary N) is 1. The van der Waals surface area contributed by atoms with E-state index in [1.165, 1.54) is 0 Å². The van der Waals surface area contributed by atoms with Crippen LogP contribution < -0.4 is 5.40 Å². The molecule has 176 valence electrons. The third-order valence-corrected chi connectivity index (χ3v) is 7.79. The van der Waals surface area contributed by atoms with Crippen LogP contribution >= 0.6 is 0 Å². The second-order valence-electron chi connectivity index (χ2n) is 6.47. The molecule has 0 aliphatic heterocycles. The zero-order valence-electron chi connectivity index (χ0n) is 14.0. The minimum absolute atomic E-state index is 1.61. The largest absolute Gasteiger partial charge is 0.453 e. The Labute approximate surface area is 154 Å². The number of halogens is 15. The maximum Gasteiger partial charge on any atom is 0.453 e. The van der Waals surface area contributed by atoms with Crippen molar-refractivity contribution in [2.75, 3.05) is 0 Å². The molecular weight excluding hydrogens is 471 g/mol. The Morgan fingerprint density at radius 1 is 0.414 bits per heavy atom. The number of alkyl halides is 15. The first-order valence-electron chi connectivity index (χ1n) is 7.49. The molecular formula is C12H14F15NSi. The highest BCUT2D eigenvalue weighted by molar-refractivity contribution is 6.76. The maximum absolute atomic E-state index is 13.0. The Kier molecular flexibility index (Phi) is 8.09. The number of rotatable bonds is 9. The van der Waals surface area contributed by atoms with E-state index < -0.39 is 81.9 Å². The summed E-state index contributed by atoms with van der Waals surface area (Å²) in [6, 6.07) is -4.83. The molecule has 0 radical (unpaired) electrons. The van der Waals surface area contributed by atoms with Crippen LogP contribution in [0.15, 0.2) is 0 Å². The summed E-state index contributed by atoms with van der Waals surface area (Å²) in [5, 5.41) is 5.29. The van der Waals surface area contributed by atoms with Gasteiger partial charge in [0.1, 0.15) is 8.24 Å². The quantitative estimate of drug-likeness (QED) is 0.287. The van der Waals surface area contributed by atoms with Gasteiger partial charge in [0.05, 0.1) is 0 Å². The highest BCUT2D eigenvalue weighted by Crippen LogP contribution is 2.45. The van der Waals surface area contributed by atoms with E-state index in [4.69, 9.17) is 5.40 Å². The Bertz CT molecular complexity index is 459. The Morgan fingerprint density at radius 3 is 0.724 bits per heavy atom. The second kappa shape index (κ2) is 8.34. The highest BCUT2D eigenvalue weighted by Gasteiger charge is 2.61. The van der Waals surface area contributed by atoms with Crippen LogP contribution in [0, 0.1) is 0 Å². The van der Waals surface area contributed by atoms with Crippen LogP contribution in [0.2, 0.25) is 18.1 Å². The van der Waals surface area contributed by atoms with E-state index in [9.17, 15) is 65.9 Å². The Hall–Kier alpha value is -0.873. The van der Waals surface area contributed by atoms with Crippen molar-refractivity contribution < 1.29 is 65.9 Å². The summed E-state index contributed by atoms with van der Waals surface area (Å²) in [7, 11) is -4.76. The lowest BCUT2D eigenvalue weighted by Gasteiger charge is -2.32. The lowest BCUT2D eigenvalue weighted by atomic mass is 10.2. The van der Waals surface area contributed by atoms with Crippen molar-refractivity contribution in [3.05, 3.63) is 0 Å². The van der Waals surface area contributed by atoms with Crippen molar-refractivity contribution in [3.8, 4) is 0 Å². The lowest BCUT2D eigenvalue weighted by Crippen LogP contribution is -2.51. The third kappa shape index (κ3) is 7.71. The average Bonchev–Trinajstić information content (AvgIpc) is 2.46. The third-order valence-electron chi connectivity index (χ3n) is 4.05. The first-order chi connectivity index (χ1) is 12.4. The zero-order valence-corrected chi connectivity index (χ0v) is 15.0. The van der Waals surface area contributed by atoms with Crippen LogP contribution in [0.1, 0.15) is 19.3 Å². The van der Waals surface area contributed by atoms with Crippen molar-refractivity contribution in [1.82, 2.24) is 0 Å². The molecule has 0 rings (SSSR count). The van der Waals surface area contributed by atoms with E-state index in [1.54, 1.807) is 0 Å². The van der Waals surface area contributed by atoms with Crippen LogP contribution in [-0.4, -0.2) is 44.5 Å². The Morgan fingerprint density at radius 2 is 0.586 bits per heavy atom. The second-order valence-corrected chi connectivity index (χ2v) is 10.7. The number of hydrogen-bond donors (Lipinski definition) is 1. The van der Waals surface area contributed by atoms with Crippen LogP contribution in [0.4, 0.5) is 65.9 Å². The molecule has 2 N–H and O–H groups in total. The first kappa shape index (κ1) is 28.1. The molecule has 0 aromatic carbocycles. The van der Waals surface area contributed by atoms with E-state index in [0.717, 1.165) is 0 Å². The van der Waals surface area contributed by atoms with Crippen LogP contribution in [-0.2, 0) is 0 Å². The molecule has 0 aliphatic carbocycles. The molecule has 0 saturated heterocycles. The molecule has 0 unspecified atom stereocenters. The van der Waals surface area contributed by atoms with Gasteiger partial charge in [-0.1, -0.05) is 0 Å². The van der Waals surface area contributed by atoms with E-state index in [0.29, 0.717) is 0 Å². The van der Waals surface area contributed by atoms with Crippen molar-refractivity contribution >= 4 is 8.24 Å². The SMILES string of the molecule is N[Si](CCC(F)(F)C(F)(F)F)(CCC(F)(F)C(F)(F)F)CCC(F)(F)C(F)(F)F. The monoisotopic (exact) mass is 485 g/mol. The minimum atomic E-state index is -6.17. The van der Waals surface area contributed by atoms with Crippen LogP contribution in [0.25, 0.3) is 0 Å². The van der Waals surface area contributed by atoms with Crippen LogP contribution in [0.3, 0.4) is 0 Å². The average molecular weight is 485 g/mol. The van der Waals surface area contributed by atoms with E-state index in [-0.39, 0.29) is 0 Å². The zero-order chi connectivity index (χ0) is 23.7. The molecule has 29 heavy (non-hydrogen) atoms. The molecule has 17 heteroatoms. The molecule has 1 nitrogen and oxygen atoms in total. The van der Waals surface area contributed by atoms with Crippen LogP contribution in [0.5, 0.6) is 0 Å². The van der Waals surface area contributed by atoms with E-state index >= 15 is 0 Å². The van der Waals surface area contributed by atoms with Crippen molar-refractivity contribution in [3.63, 3.8) is 0 Å². The van der Waals surface area contributed by atoms with Crippen molar-refractivity contribution in [2.45, 2.75) is 73.7 Å². The fraction of sp³-hybridized carbons (Fsp3) is 1.00. The summed E-state index contributed by atoms with van der Waals surface area (Å²) in [6.07, 6.45) is -25.3. The van der Waals surface area contributed by atoms with E-state index in [2.05, 4.69) is 0 Å². The number of hydrogen-bond acceptors (Lipinski definition) is 1. The molecule has 0 fully saturated rings. The molecule has 0 saturated carbocycles. The fourth-order valence-corrected chi connectivity index (χ4v) is 5.20. The van der Waals surface area contributed by atoms with Gasteiger partial charge in [-0.15, -0.1) is 0 Å².